The Morgan fingerprint density at radius 1 is 1.12 bits per heavy atom. The number of benzene rings is 1. The van der Waals surface area contributed by atoms with Gasteiger partial charge in [0.15, 0.2) is 0 Å². The first-order valence-electron chi connectivity index (χ1n) is 7.09. The number of aliphatic hydroxyl groups is 3. The van der Waals surface area contributed by atoms with E-state index in [1.54, 1.807) is 12.1 Å². The second kappa shape index (κ2) is 10.7. The van der Waals surface area contributed by atoms with Crippen LogP contribution in [-0.4, -0.2) is 40.2 Å². The summed E-state index contributed by atoms with van der Waals surface area (Å²) < 4.78 is 14.6. The molecule has 132 valence electrons. The highest BCUT2D eigenvalue weighted by molar-refractivity contribution is 9.11. The molecule has 24 heavy (non-hydrogen) atoms. The van der Waals surface area contributed by atoms with Gasteiger partial charge >= 0.3 is 0 Å². The topological polar surface area (TPSA) is 85.6 Å². The number of aryl methyl sites for hydroxylation is 1. The van der Waals surface area contributed by atoms with Gasteiger partial charge in [0.1, 0.15) is 17.2 Å². The standard InChI is InChI=1S/C15H15Br2FN2O.CH4O2/c1-9-14(19-6-7-21)13(16)12(15(17)20-9)8-10-2-4-11(18)5-3-10;2-1-3/h2-5,19,21H,6-8H2,1H3;2-3H,1H2. The minimum Gasteiger partial charge on any atom is -0.395 e. The number of hydrogen-bond acceptors (Lipinski definition) is 5. The molecule has 2 aromatic rings. The minimum absolute atomic E-state index is 0.0508. The number of nitrogens with zero attached hydrogens (tertiary/aromatic N) is 1. The molecule has 0 atom stereocenters. The number of rotatable bonds is 5. The molecular formula is C16H19Br2FN2O3. The van der Waals surface area contributed by atoms with Crippen molar-refractivity contribution in [3.63, 3.8) is 0 Å². The number of hydrogen-bond donors (Lipinski definition) is 4. The van der Waals surface area contributed by atoms with Crippen LogP contribution in [0.2, 0.25) is 0 Å². The molecule has 0 saturated carbocycles. The highest BCUT2D eigenvalue weighted by Crippen LogP contribution is 2.34. The van der Waals surface area contributed by atoms with Gasteiger partial charge in [0.05, 0.1) is 18.0 Å². The fourth-order valence-electron chi connectivity index (χ4n) is 2.01. The van der Waals surface area contributed by atoms with Crippen LogP contribution in [0.15, 0.2) is 33.3 Å². The van der Waals surface area contributed by atoms with E-state index in [1.165, 1.54) is 12.1 Å². The fourth-order valence-corrected chi connectivity index (χ4v) is 3.64. The van der Waals surface area contributed by atoms with Gasteiger partial charge in [0.2, 0.25) is 0 Å². The van der Waals surface area contributed by atoms with Crippen LogP contribution >= 0.6 is 31.9 Å². The molecule has 1 aromatic carbocycles. The van der Waals surface area contributed by atoms with Gasteiger partial charge in [-0.05, 0) is 56.5 Å². The summed E-state index contributed by atoms with van der Waals surface area (Å²) in [5.41, 5.74) is 3.68. The summed E-state index contributed by atoms with van der Waals surface area (Å²) in [7, 11) is 0. The second-order valence-electron chi connectivity index (χ2n) is 4.75. The van der Waals surface area contributed by atoms with Crippen LogP contribution in [0.1, 0.15) is 16.8 Å². The Morgan fingerprint density at radius 3 is 2.25 bits per heavy atom. The summed E-state index contributed by atoms with van der Waals surface area (Å²) >= 11 is 7.08. The molecule has 0 aliphatic carbocycles. The van der Waals surface area contributed by atoms with Gasteiger partial charge in [-0.3, -0.25) is 0 Å². The highest BCUT2D eigenvalue weighted by Gasteiger charge is 2.15. The number of aromatic nitrogens is 1. The van der Waals surface area contributed by atoms with Gasteiger partial charge < -0.3 is 20.6 Å². The molecule has 2 rings (SSSR count). The fraction of sp³-hybridized carbons (Fsp3) is 0.312. The first-order chi connectivity index (χ1) is 11.4. The van der Waals surface area contributed by atoms with Crippen LogP contribution < -0.4 is 5.32 Å². The highest BCUT2D eigenvalue weighted by atomic mass is 79.9. The third kappa shape index (κ3) is 6.10. The van der Waals surface area contributed by atoms with Gasteiger partial charge in [-0.25, -0.2) is 9.37 Å². The van der Waals surface area contributed by atoms with Gasteiger partial charge in [0, 0.05) is 23.0 Å². The largest absolute Gasteiger partial charge is 0.395 e. The van der Waals surface area contributed by atoms with E-state index in [0.29, 0.717) is 13.0 Å². The van der Waals surface area contributed by atoms with E-state index in [4.69, 9.17) is 15.3 Å². The lowest BCUT2D eigenvalue weighted by molar-refractivity contribution is 0.0773. The summed E-state index contributed by atoms with van der Waals surface area (Å²) in [4.78, 5) is 4.47. The third-order valence-corrected chi connectivity index (χ3v) is 4.60. The lowest BCUT2D eigenvalue weighted by atomic mass is 10.1. The van der Waals surface area contributed by atoms with Crippen molar-refractivity contribution in [3.05, 3.63) is 56.0 Å². The van der Waals surface area contributed by atoms with E-state index < -0.39 is 6.79 Å². The van der Waals surface area contributed by atoms with E-state index in [0.717, 1.165) is 31.6 Å². The normalized spacial score (nSPS) is 10.1. The Balaban J connectivity index is 0.000000891. The summed E-state index contributed by atoms with van der Waals surface area (Å²) in [6.07, 6.45) is 0.628. The van der Waals surface area contributed by atoms with Crippen molar-refractivity contribution in [1.29, 1.82) is 0 Å². The maximum atomic E-state index is 13.0. The molecule has 0 aliphatic heterocycles. The smallest absolute Gasteiger partial charge is 0.140 e. The van der Waals surface area contributed by atoms with Crippen LogP contribution in [-0.2, 0) is 6.42 Å². The molecule has 0 spiro atoms. The summed E-state index contributed by atoms with van der Waals surface area (Å²) in [5.74, 6) is -0.246. The van der Waals surface area contributed by atoms with Crippen molar-refractivity contribution in [2.75, 3.05) is 25.3 Å². The van der Waals surface area contributed by atoms with Crippen molar-refractivity contribution < 1.29 is 19.7 Å². The van der Waals surface area contributed by atoms with Crippen LogP contribution in [0.5, 0.6) is 0 Å². The van der Waals surface area contributed by atoms with E-state index >= 15 is 0 Å². The van der Waals surface area contributed by atoms with Crippen molar-refractivity contribution in [3.8, 4) is 0 Å². The molecular weight excluding hydrogens is 447 g/mol. The number of anilines is 1. The third-order valence-electron chi connectivity index (χ3n) is 3.07. The van der Waals surface area contributed by atoms with Gasteiger partial charge in [-0.1, -0.05) is 12.1 Å². The Hall–Kier alpha value is -1.06. The molecule has 0 aliphatic rings. The van der Waals surface area contributed by atoms with E-state index in [1.807, 2.05) is 6.92 Å². The number of halogens is 3. The van der Waals surface area contributed by atoms with Crippen molar-refractivity contribution in [1.82, 2.24) is 4.98 Å². The maximum absolute atomic E-state index is 13.0. The first-order valence-corrected chi connectivity index (χ1v) is 8.68. The molecule has 0 saturated heterocycles. The second-order valence-corrected chi connectivity index (χ2v) is 6.29. The predicted molar refractivity (Wildman–Crippen MR) is 98.5 cm³/mol. The summed E-state index contributed by atoms with van der Waals surface area (Å²) in [6.45, 7) is 1.66. The summed E-state index contributed by atoms with van der Waals surface area (Å²) in [5, 5.41) is 26.4. The zero-order valence-electron chi connectivity index (χ0n) is 13.1. The van der Waals surface area contributed by atoms with E-state index in [-0.39, 0.29) is 12.4 Å². The molecule has 0 bridgehead atoms. The quantitative estimate of drug-likeness (QED) is 0.403. The zero-order valence-corrected chi connectivity index (χ0v) is 16.2. The van der Waals surface area contributed by atoms with Crippen LogP contribution in [0.25, 0.3) is 0 Å². The Bertz CT molecular complexity index is 655. The molecule has 4 N–H and O–H groups in total. The predicted octanol–water partition coefficient (Wildman–Crippen LogP) is 2.98. The van der Waals surface area contributed by atoms with Crippen molar-refractivity contribution >= 4 is 37.5 Å². The van der Waals surface area contributed by atoms with Gasteiger partial charge in [-0.2, -0.15) is 0 Å². The Labute approximate surface area is 156 Å². The monoisotopic (exact) mass is 464 g/mol. The molecule has 0 amide bonds. The van der Waals surface area contributed by atoms with Crippen LogP contribution in [0.4, 0.5) is 10.1 Å². The van der Waals surface area contributed by atoms with Gasteiger partial charge in [-0.15, -0.1) is 0 Å². The maximum Gasteiger partial charge on any atom is 0.140 e. The summed E-state index contributed by atoms with van der Waals surface area (Å²) in [6, 6.07) is 6.41. The van der Waals surface area contributed by atoms with Crippen LogP contribution in [0, 0.1) is 12.7 Å². The van der Waals surface area contributed by atoms with Crippen LogP contribution in [0.3, 0.4) is 0 Å². The number of nitrogens with one attached hydrogen (secondary N) is 1. The molecule has 0 unspecified atom stereocenters. The number of pyridine rings is 1. The minimum atomic E-state index is -0.750. The van der Waals surface area contributed by atoms with Crippen molar-refractivity contribution in [2.45, 2.75) is 13.3 Å². The molecule has 1 heterocycles. The molecule has 0 radical (unpaired) electrons. The average molecular weight is 466 g/mol. The van der Waals surface area contributed by atoms with E-state index in [2.05, 4.69) is 42.2 Å². The Kier molecular flexibility index (Phi) is 9.38. The SMILES string of the molecule is Cc1nc(Br)c(Cc2ccc(F)cc2)c(Br)c1NCCO.OCO. The molecule has 8 heteroatoms. The lowest BCUT2D eigenvalue weighted by Gasteiger charge is -2.15. The number of aliphatic hydroxyl groups excluding tert-OH is 2. The molecule has 0 fully saturated rings. The molecule has 1 aromatic heterocycles. The Morgan fingerprint density at radius 2 is 1.71 bits per heavy atom. The average Bonchev–Trinajstić information content (AvgIpc) is 2.54. The van der Waals surface area contributed by atoms with Crippen molar-refractivity contribution in [2.24, 2.45) is 0 Å². The molecule has 5 nitrogen and oxygen atoms in total. The van der Waals surface area contributed by atoms with E-state index in [9.17, 15) is 4.39 Å². The van der Waals surface area contributed by atoms with Gasteiger partial charge in [0.25, 0.3) is 0 Å². The lowest BCUT2D eigenvalue weighted by Crippen LogP contribution is -2.10. The first kappa shape index (κ1) is 21.0. The zero-order chi connectivity index (χ0) is 18.1.